The second kappa shape index (κ2) is 5.97. The van der Waals surface area contributed by atoms with Crippen molar-refractivity contribution in [3.63, 3.8) is 0 Å². The lowest BCUT2D eigenvalue weighted by Gasteiger charge is -2.12. The number of halogens is 2. The van der Waals surface area contributed by atoms with Gasteiger partial charge >= 0.3 is 0 Å². The van der Waals surface area contributed by atoms with Crippen LogP contribution in [0.5, 0.6) is 0 Å². The monoisotopic (exact) mass is 363 g/mol. The topological polar surface area (TPSA) is 58.0 Å². The van der Waals surface area contributed by atoms with Crippen LogP contribution in [0.3, 0.4) is 0 Å². The van der Waals surface area contributed by atoms with Crippen molar-refractivity contribution in [1.29, 1.82) is 0 Å². The van der Waals surface area contributed by atoms with Gasteiger partial charge in [0.2, 0.25) is 0 Å². The molecule has 21 heavy (non-hydrogen) atoms. The van der Waals surface area contributed by atoms with Gasteiger partial charge in [-0.15, -0.1) is 0 Å². The molecule has 0 unspecified atom stereocenters. The third-order valence-electron chi connectivity index (χ3n) is 3.09. The first-order valence-electron chi connectivity index (χ1n) is 6.24. The summed E-state index contributed by atoms with van der Waals surface area (Å²) in [5.74, 6) is 0.665. The summed E-state index contributed by atoms with van der Waals surface area (Å²) in [7, 11) is 0. The first-order valence-corrected chi connectivity index (χ1v) is 7.41. The maximum Gasteiger partial charge on any atom is 0.141 e. The van der Waals surface area contributed by atoms with Crippen LogP contribution >= 0.6 is 27.5 Å². The Hall–Kier alpha value is -1.69. The Balaban J connectivity index is 2.10. The van der Waals surface area contributed by atoms with E-state index in [9.17, 15) is 5.11 Å². The van der Waals surface area contributed by atoms with E-state index in [1.54, 1.807) is 18.2 Å². The molecule has 3 aromatic rings. The molecule has 6 heteroatoms. The third kappa shape index (κ3) is 3.00. The normalized spacial score (nSPS) is 10.8. The number of aliphatic hydroxyl groups excluding tert-OH is 1. The molecule has 0 spiro atoms. The van der Waals surface area contributed by atoms with Crippen molar-refractivity contribution in [2.45, 2.75) is 6.61 Å². The Morgan fingerprint density at radius 3 is 2.81 bits per heavy atom. The second-order valence-corrected chi connectivity index (χ2v) is 5.82. The lowest BCUT2D eigenvalue weighted by Crippen LogP contribution is -1.99. The van der Waals surface area contributed by atoms with Gasteiger partial charge in [0.1, 0.15) is 12.1 Å². The van der Waals surface area contributed by atoms with Crippen LogP contribution in [0.2, 0.25) is 5.02 Å². The molecule has 0 aliphatic carbocycles. The zero-order chi connectivity index (χ0) is 14.8. The number of anilines is 2. The van der Waals surface area contributed by atoms with Gasteiger partial charge < -0.3 is 10.4 Å². The van der Waals surface area contributed by atoms with Crippen molar-refractivity contribution in [3.05, 3.63) is 57.8 Å². The number of hydrogen-bond acceptors (Lipinski definition) is 4. The summed E-state index contributed by atoms with van der Waals surface area (Å²) < 4.78 is 0.946. The maximum atomic E-state index is 9.42. The van der Waals surface area contributed by atoms with E-state index in [1.807, 2.05) is 18.2 Å². The highest BCUT2D eigenvalue weighted by Gasteiger charge is 2.08. The summed E-state index contributed by atoms with van der Waals surface area (Å²) in [5.41, 5.74) is 2.31. The molecule has 0 aliphatic heterocycles. The molecule has 106 valence electrons. The highest BCUT2D eigenvalue weighted by atomic mass is 79.9. The van der Waals surface area contributed by atoms with Crippen molar-refractivity contribution in [2.24, 2.45) is 0 Å². The molecule has 0 atom stereocenters. The number of aromatic nitrogens is 2. The van der Waals surface area contributed by atoms with Crippen molar-refractivity contribution in [3.8, 4) is 0 Å². The highest BCUT2D eigenvalue weighted by molar-refractivity contribution is 9.10. The molecule has 0 saturated carbocycles. The molecule has 0 amide bonds. The van der Waals surface area contributed by atoms with E-state index >= 15 is 0 Å². The highest BCUT2D eigenvalue weighted by Crippen LogP contribution is 2.29. The average Bonchev–Trinajstić information content (AvgIpc) is 2.48. The maximum absolute atomic E-state index is 9.42. The molecular formula is C15H11BrClN3O. The van der Waals surface area contributed by atoms with E-state index in [2.05, 4.69) is 31.2 Å². The van der Waals surface area contributed by atoms with Gasteiger partial charge in [0, 0.05) is 26.1 Å². The van der Waals surface area contributed by atoms with Crippen LogP contribution in [-0.4, -0.2) is 15.1 Å². The van der Waals surface area contributed by atoms with Crippen LogP contribution in [0.25, 0.3) is 10.9 Å². The minimum Gasteiger partial charge on any atom is -0.392 e. The number of nitrogens with zero attached hydrogens (tertiary/aromatic N) is 2. The quantitative estimate of drug-likeness (QED) is 0.728. The van der Waals surface area contributed by atoms with Gasteiger partial charge in [-0.25, -0.2) is 9.97 Å². The molecule has 1 heterocycles. The van der Waals surface area contributed by atoms with E-state index < -0.39 is 0 Å². The minimum atomic E-state index is -0.0772. The van der Waals surface area contributed by atoms with Crippen LogP contribution in [0, 0.1) is 0 Å². The summed E-state index contributed by atoms with van der Waals surface area (Å²) in [6.45, 7) is -0.0772. The number of benzene rings is 2. The molecule has 4 nitrogen and oxygen atoms in total. The van der Waals surface area contributed by atoms with Crippen LogP contribution in [-0.2, 0) is 6.61 Å². The Kier molecular flexibility index (Phi) is 4.05. The minimum absolute atomic E-state index is 0.0772. The lowest BCUT2D eigenvalue weighted by molar-refractivity contribution is 0.282. The second-order valence-electron chi connectivity index (χ2n) is 4.47. The van der Waals surface area contributed by atoms with E-state index in [0.29, 0.717) is 10.8 Å². The first-order chi connectivity index (χ1) is 10.2. The zero-order valence-electron chi connectivity index (χ0n) is 10.8. The van der Waals surface area contributed by atoms with Gasteiger partial charge in [0.05, 0.1) is 12.1 Å². The van der Waals surface area contributed by atoms with Crippen molar-refractivity contribution < 1.29 is 5.11 Å². The number of fused-ring (bicyclic) bond motifs is 1. The van der Waals surface area contributed by atoms with Crippen molar-refractivity contribution in [1.82, 2.24) is 9.97 Å². The molecule has 0 saturated heterocycles. The molecular weight excluding hydrogens is 354 g/mol. The van der Waals surface area contributed by atoms with Crippen LogP contribution in [0.1, 0.15) is 5.56 Å². The zero-order valence-corrected chi connectivity index (χ0v) is 13.2. The predicted octanol–water partition coefficient (Wildman–Crippen LogP) is 4.28. The standard InChI is InChI=1S/C15H11BrClN3O/c16-10-2-4-13-12(5-10)15(19-8-18-13)20-14-6-11(17)3-1-9(14)7-21/h1-6,8,21H,7H2,(H,18,19,20). The summed E-state index contributed by atoms with van der Waals surface area (Å²) in [6, 6.07) is 11.1. The molecule has 0 fully saturated rings. The van der Waals surface area contributed by atoms with Gasteiger partial charge in [-0.1, -0.05) is 33.6 Å². The summed E-state index contributed by atoms with van der Waals surface area (Å²) in [6.07, 6.45) is 1.50. The molecule has 0 radical (unpaired) electrons. The van der Waals surface area contributed by atoms with E-state index in [4.69, 9.17) is 11.6 Å². The molecule has 3 rings (SSSR count). The first kappa shape index (κ1) is 14.3. The van der Waals surface area contributed by atoms with Crippen LogP contribution < -0.4 is 5.32 Å². The number of hydrogen-bond donors (Lipinski definition) is 2. The van der Waals surface area contributed by atoms with Crippen LogP contribution in [0.15, 0.2) is 47.2 Å². The summed E-state index contributed by atoms with van der Waals surface area (Å²) in [4.78, 5) is 8.52. The molecule has 0 aliphatic rings. The smallest absolute Gasteiger partial charge is 0.141 e. The Labute approximate surface area is 134 Å². The fourth-order valence-electron chi connectivity index (χ4n) is 2.06. The van der Waals surface area contributed by atoms with E-state index in [-0.39, 0.29) is 6.61 Å². The summed E-state index contributed by atoms with van der Waals surface area (Å²) in [5, 5.41) is 14.1. The van der Waals surface area contributed by atoms with E-state index in [1.165, 1.54) is 6.33 Å². The van der Waals surface area contributed by atoms with Gasteiger partial charge in [-0.3, -0.25) is 0 Å². The summed E-state index contributed by atoms with van der Waals surface area (Å²) >= 11 is 9.47. The Morgan fingerprint density at radius 1 is 1.14 bits per heavy atom. The van der Waals surface area contributed by atoms with Gasteiger partial charge in [-0.05, 0) is 30.3 Å². The molecule has 0 bridgehead atoms. The Morgan fingerprint density at radius 2 is 2.00 bits per heavy atom. The number of rotatable bonds is 3. The van der Waals surface area contributed by atoms with Crippen molar-refractivity contribution in [2.75, 3.05) is 5.32 Å². The van der Waals surface area contributed by atoms with Gasteiger partial charge in [-0.2, -0.15) is 0 Å². The lowest BCUT2D eigenvalue weighted by atomic mass is 10.1. The number of aliphatic hydroxyl groups is 1. The van der Waals surface area contributed by atoms with E-state index in [0.717, 1.165) is 26.6 Å². The molecule has 2 aromatic carbocycles. The van der Waals surface area contributed by atoms with Crippen molar-refractivity contribution >= 4 is 49.9 Å². The molecule has 2 N–H and O–H groups in total. The number of nitrogens with one attached hydrogen (secondary N) is 1. The third-order valence-corrected chi connectivity index (χ3v) is 3.82. The Bertz CT molecular complexity index is 810. The largest absolute Gasteiger partial charge is 0.392 e. The average molecular weight is 365 g/mol. The van der Waals surface area contributed by atoms with Gasteiger partial charge in [0.15, 0.2) is 0 Å². The fourth-order valence-corrected chi connectivity index (χ4v) is 2.59. The predicted molar refractivity (Wildman–Crippen MR) is 87.9 cm³/mol. The van der Waals surface area contributed by atoms with Crippen LogP contribution in [0.4, 0.5) is 11.5 Å². The molecule has 1 aromatic heterocycles. The fraction of sp³-hybridized carbons (Fsp3) is 0.0667. The SMILES string of the molecule is OCc1ccc(Cl)cc1Nc1ncnc2ccc(Br)cc12. The van der Waals surface area contributed by atoms with Gasteiger partial charge in [0.25, 0.3) is 0 Å².